The van der Waals surface area contributed by atoms with Crippen molar-refractivity contribution in [2.45, 2.75) is 33.4 Å². The Kier molecular flexibility index (Phi) is 5.69. The molecule has 0 fully saturated rings. The van der Waals surface area contributed by atoms with Crippen LogP contribution in [0, 0.1) is 19.7 Å². The number of rotatable bonds is 6. The van der Waals surface area contributed by atoms with Gasteiger partial charge in [-0.25, -0.2) is 9.18 Å². The summed E-state index contributed by atoms with van der Waals surface area (Å²) >= 11 is 6.09. The average Bonchev–Trinajstić information content (AvgIpc) is 3.24. The molecule has 2 heterocycles. The largest absolute Gasteiger partial charge is 0.480 e. The first-order chi connectivity index (χ1) is 13.7. The fourth-order valence-electron chi connectivity index (χ4n) is 2.81. The van der Waals surface area contributed by atoms with E-state index >= 15 is 0 Å². The highest BCUT2D eigenvalue weighted by atomic mass is 35.5. The van der Waals surface area contributed by atoms with Gasteiger partial charge in [0.15, 0.2) is 0 Å². The zero-order chi connectivity index (χ0) is 21.3. The molecule has 1 aromatic carbocycles. The van der Waals surface area contributed by atoms with Crippen LogP contribution in [0.2, 0.25) is 5.02 Å². The van der Waals surface area contributed by atoms with Crippen LogP contribution in [0.15, 0.2) is 30.6 Å². The molecule has 2 N–H and O–H groups in total. The van der Waals surface area contributed by atoms with Crippen molar-refractivity contribution in [1.82, 2.24) is 19.6 Å². The molecule has 1 unspecified atom stereocenters. The van der Waals surface area contributed by atoms with Crippen LogP contribution >= 0.6 is 11.6 Å². The van der Waals surface area contributed by atoms with E-state index in [0.29, 0.717) is 34.2 Å². The van der Waals surface area contributed by atoms with E-state index in [9.17, 15) is 14.0 Å². The van der Waals surface area contributed by atoms with Crippen LogP contribution in [-0.4, -0.2) is 36.5 Å². The van der Waals surface area contributed by atoms with Gasteiger partial charge in [-0.3, -0.25) is 14.2 Å². The molecule has 0 saturated heterocycles. The number of hydrogen-bond donors (Lipinski definition) is 2. The molecule has 1 atom stereocenters. The number of carboxylic acids is 1. The lowest BCUT2D eigenvalue weighted by atomic mass is 10.2. The van der Waals surface area contributed by atoms with Crippen molar-refractivity contribution in [3.8, 4) is 0 Å². The van der Waals surface area contributed by atoms with E-state index in [0.717, 1.165) is 0 Å². The molecule has 10 heteroatoms. The van der Waals surface area contributed by atoms with Crippen LogP contribution in [0.25, 0.3) is 0 Å². The number of aliphatic carboxylic acids is 1. The second-order valence-corrected chi connectivity index (χ2v) is 7.02. The molecular weight excluding hydrogens is 401 g/mol. The van der Waals surface area contributed by atoms with Gasteiger partial charge in [0.05, 0.1) is 35.4 Å². The van der Waals surface area contributed by atoms with Crippen LogP contribution in [-0.2, 0) is 11.3 Å². The Morgan fingerprint density at radius 3 is 2.72 bits per heavy atom. The molecule has 0 radical (unpaired) electrons. The summed E-state index contributed by atoms with van der Waals surface area (Å²) in [5.41, 5.74) is 2.75. The van der Waals surface area contributed by atoms with Crippen molar-refractivity contribution in [1.29, 1.82) is 0 Å². The van der Waals surface area contributed by atoms with Gasteiger partial charge >= 0.3 is 5.97 Å². The second-order valence-electron chi connectivity index (χ2n) is 6.62. The zero-order valence-corrected chi connectivity index (χ0v) is 16.7. The van der Waals surface area contributed by atoms with Gasteiger partial charge in [-0.2, -0.15) is 10.2 Å². The lowest BCUT2D eigenvalue weighted by molar-refractivity contribution is -0.140. The number of aromatic nitrogens is 4. The van der Waals surface area contributed by atoms with Crippen molar-refractivity contribution in [3.63, 3.8) is 0 Å². The first kappa shape index (κ1) is 20.5. The van der Waals surface area contributed by atoms with Gasteiger partial charge in [-0.15, -0.1) is 0 Å². The molecule has 0 bridgehead atoms. The minimum atomic E-state index is -1.05. The number of amides is 1. The van der Waals surface area contributed by atoms with Crippen LogP contribution < -0.4 is 5.32 Å². The highest BCUT2D eigenvalue weighted by Crippen LogP contribution is 2.24. The van der Waals surface area contributed by atoms with E-state index in [2.05, 4.69) is 15.5 Å². The number of carboxylic acid groups (broad SMARTS) is 1. The number of anilines is 1. The topological polar surface area (TPSA) is 102 Å². The molecule has 0 aliphatic rings. The number of carbonyl (C=O) groups excluding carboxylic acids is 1. The molecule has 3 aromatic rings. The summed E-state index contributed by atoms with van der Waals surface area (Å²) in [6.07, 6.45) is 2.68. The van der Waals surface area contributed by atoms with Crippen molar-refractivity contribution in [3.05, 3.63) is 63.9 Å². The maximum atomic E-state index is 13.2. The Labute approximate surface area is 170 Å². The second kappa shape index (κ2) is 8.04. The predicted molar refractivity (Wildman–Crippen MR) is 105 cm³/mol. The summed E-state index contributed by atoms with van der Waals surface area (Å²) in [5.74, 6) is -1.90. The zero-order valence-electron chi connectivity index (χ0n) is 16.0. The average molecular weight is 420 g/mol. The first-order valence-electron chi connectivity index (χ1n) is 8.73. The van der Waals surface area contributed by atoms with E-state index in [4.69, 9.17) is 16.7 Å². The molecule has 0 aliphatic carbocycles. The lowest BCUT2D eigenvalue weighted by Crippen LogP contribution is -2.16. The molecule has 2 aromatic heterocycles. The maximum absolute atomic E-state index is 13.2. The summed E-state index contributed by atoms with van der Waals surface area (Å²) < 4.78 is 16.1. The van der Waals surface area contributed by atoms with Crippen molar-refractivity contribution in [2.75, 3.05) is 5.32 Å². The molecule has 0 aliphatic heterocycles. The van der Waals surface area contributed by atoms with E-state index in [-0.39, 0.29) is 5.56 Å². The minimum Gasteiger partial charge on any atom is -0.480 e. The number of benzene rings is 1. The lowest BCUT2D eigenvalue weighted by Gasteiger charge is -2.08. The van der Waals surface area contributed by atoms with E-state index < -0.39 is 23.7 Å². The monoisotopic (exact) mass is 419 g/mol. The smallest absolute Gasteiger partial charge is 0.328 e. The summed E-state index contributed by atoms with van der Waals surface area (Å²) in [7, 11) is 0. The first-order valence-corrected chi connectivity index (χ1v) is 9.11. The Bertz CT molecular complexity index is 1090. The fraction of sp³-hybridized carbons (Fsp3) is 0.263. The number of hydrogen-bond acceptors (Lipinski definition) is 4. The molecule has 1 amide bonds. The van der Waals surface area contributed by atoms with Gasteiger partial charge in [-0.05, 0) is 38.5 Å². The van der Waals surface area contributed by atoms with Gasteiger partial charge < -0.3 is 10.4 Å². The Balaban J connectivity index is 1.80. The molecule has 3 rings (SSSR count). The number of aryl methyl sites for hydroxylation is 1. The van der Waals surface area contributed by atoms with Crippen molar-refractivity contribution in [2.24, 2.45) is 0 Å². The summed E-state index contributed by atoms with van der Waals surface area (Å²) in [4.78, 5) is 23.6. The molecule has 0 spiro atoms. The third-order valence-electron chi connectivity index (χ3n) is 4.57. The van der Waals surface area contributed by atoms with E-state index in [1.54, 1.807) is 24.6 Å². The quantitative estimate of drug-likeness (QED) is 0.637. The maximum Gasteiger partial charge on any atom is 0.328 e. The molecule has 29 heavy (non-hydrogen) atoms. The predicted octanol–water partition coefficient (Wildman–Crippen LogP) is 3.44. The number of carbonyl (C=O) groups is 2. The third-order valence-corrected chi connectivity index (χ3v) is 4.92. The minimum absolute atomic E-state index is 0.228. The Hall–Kier alpha value is -3.20. The van der Waals surface area contributed by atoms with E-state index in [1.807, 2.05) is 0 Å². The summed E-state index contributed by atoms with van der Waals surface area (Å²) in [6.45, 7) is 5.33. The van der Waals surface area contributed by atoms with Crippen LogP contribution in [0.3, 0.4) is 0 Å². The van der Waals surface area contributed by atoms with Crippen LogP contribution in [0.1, 0.15) is 40.3 Å². The molecule has 8 nitrogen and oxygen atoms in total. The fourth-order valence-corrected chi connectivity index (χ4v) is 3.04. The third kappa shape index (κ3) is 4.29. The Morgan fingerprint density at radius 2 is 2.07 bits per heavy atom. The van der Waals surface area contributed by atoms with Gasteiger partial charge in [0.2, 0.25) is 0 Å². The molecule has 152 valence electrons. The summed E-state index contributed by atoms with van der Waals surface area (Å²) in [6, 6.07) is 3.26. The van der Waals surface area contributed by atoms with Crippen molar-refractivity contribution < 1.29 is 19.1 Å². The highest BCUT2D eigenvalue weighted by molar-refractivity contribution is 6.31. The van der Waals surface area contributed by atoms with Gasteiger partial charge in [0, 0.05) is 11.2 Å². The number of halogens is 2. The van der Waals surface area contributed by atoms with E-state index in [1.165, 1.54) is 36.1 Å². The highest BCUT2D eigenvalue weighted by Gasteiger charge is 2.19. The number of nitrogens with zero attached hydrogens (tertiary/aromatic N) is 4. The van der Waals surface area contributed by atoms with Crippen LogP contribution in [0.5, 0.6) is 0 Å². The van der Waals surface area contributed by atoms with Gasteiger partial charge in [-0.1, -0.05) is 17.7 Å². The standard InChI is InChI=1S/C19H19ClFN5O3/c1-10-17(23-18(27)14-7-22-25(9-14)12(3)19(28)29)11(2)26(24-10)8-13-4-5-15(21)6-16(13)20/h4-7,9,12H,8H2,1-3H3,(H,23,27)(H,28,29). The summed E-state index contributed by atoms with van der Waals surface area (Å²) in [5, 5.41) is 20.5. The number of nitrogens with one attached hydrogen (secondary N) is 1. The Morgan fingerprint density at radius 1 is 1.34 bits per heavy atom. The van der Waals surface area contributed by atoms with Gasteiger partial charge in [0.25, 0.3) is 5.91 Å². The SMILES string of the molecule is Cc1nn(Cc2ccc(F)cc2Cl)c(C)c1NC(=O)c1cnn(C(C)C(=O)O)c1. The molecule has 0 saturated carbocycles. The normalized spacial score (nSPS) is 12.0. The van der Waals surface area contributed by atoms with Crippen LogP contribution in [0.4, 0.5) is 10.1 Å². The molecular formula is C19H19ClFN5O3. The van der Waals surface area contributed by atoms with Gasteiger partial charge in [0.1, 0.15) is 11.9 Å². The van der Waals surface area contributed by atoms with Crippen molar-refractivity contribution >= 4 is 29.2 Å².